The van der Waals surface area contributed by atoms with Gasteiger partial charge >= 0.3 is 0 Å². The standard InChI is InChI=1S/C22H23N3O6S2/c23-32(28,29)16-9-7-15(8-10-16)11-12-24-33(30,31)22-19(25-13-3-4-14-25)20(26)17-5-1-2-6-18(17)21(22)27/h1-2,5-10,24H,3-4,11-14H2,(H2,23,28,29). The number of allylic oxidation sites excluding steroid dienone is 2. The summed E-state index contributed by atoms with van der Waals surface area (Å²) in [5.41, 5.74) is 0.888. The van der Waals surface area contributed by atoms with Crippen LogP contribution in [-0.2, 0) is 26.5 Å². The highest BCUT2D eigenvalue weighted by atomic mass is 32.2. The van der Waals surface area contributed by atoms with Crippen molar-refractivity contribution in [2.24, 2.45) is 5.14 Å². The summed E-state index contributed by atoms with van der Waals surface area (Å²) in [5.74, 6) is -1.16. The van der Waals surface area contributed by atoms with E-state index in [2.05, 4.69) is 4.72 Å². The van der Waals surface area contributed by atoms with Crippen molar-refractivity contribution in [2.45, 2.75) is 24.2 Å². The topological polar surface area (TPSA) is 144 Å². The highest BCUT2D eigenvalue weighted by molar-refractivity contribution is 7.94. The van der Waals surface area contributed by atoms with Gasteiger partial charge in [-0.3, -0.25) is 9.59 Å². The first-order valence-corrected chi connectivity index (χ1v) is 13.4. The van der Waals surface area contributed by atoms with Crippen LogP contribution in [0.5, 0.6) is 0 Å². The van der Waals surface area contributed by atoms with Crippen molar-refractivity contribution < 1.29 is 26.4 Å². The monoisotopic (exact) mass is 489 g/mol. The summed E-state index contributed by atoms with van der Waals surface area (Å²) < 4.78 is 51.6. The summed E-state index contributed by atoms with van der Waals surface area (Å²) in [6.07, 6.45) is 1.86. The van der Waals surface area contributed by atoms with Gasteiger partial charge in [0, 0.05) is 30.8 Å². The molecule has 1 aliphatic carbocycles. The Morgan fingerprint density at radius 2 is 1.42 bits per heavy atom. The molecular weight excluding hydrogens is 466 g/mol. The van der Waals surface area contributed by atoms with Gasteiger partial charge < -0.3 is 4.90 Å². The average Bonchev–Trinajstić information content (AvgIpc) is 3.30. The molecule has 1 aliphatic heterocycles. The maximum atomic E-state index is 13.2. The van der Waals surface area contributed by atoms with Crippen LogP contribution in [0.4, 0.5) is 0 Å². The molecule has 174 valence electrons. The molecule has 0 saturated carbocycles. The summed E-state index contributed by atoms with van der Waals surface area (Å²) >= 11 is 0. The molecule has 33 heavy (non-hydrogen) atoms. The lowest BCUT2D eigenvalue weighted by atomic mass is 9.92. The van der Waals surface area contributed by atoms with E-state index in [9.17, 15) is 26.4 Å². The van der Waals surface area contributed by atoms with E-state index < -0.39 is 36.5 Å². The lowest BCUT2D eigenvalue weighted by Crippen LogP contribution is -2.39. The van der Waals surface area contributed by atoms with Crippen LogP contribution in [0.15, 0.2) is 64.0 Å². The van der Waals surface area contributed by atoms with Crippen LogP contribution in [0.2, 0.25) is 0 Å². The molecule has 9 nitrogen and oxygen atoms in total. The molecule has 1 saturated heterocycles. The number of rotatable bonds is 7. The first-order chi connectivity index (χ1) is 15.6. The predicted molar refractivity (Wildman–Crippen MR) is 121 cm³/mol. The van der Waals surface area contributed by atoms with Gasteiger partial charge in [-0.15, -0.1) is 0 Å². The molecule has 11 heteroatoms. The van der Waals surface area contributed by atoms with Gasteiger partial charge in [-0.25, -0.2) is 26.7 Å². The Hall–Kier alpha value is -2.86. The maximum absolute atomic E-state index is 13.2. The van der Waals surface area contributed by atoms with Gasteiger partial charge in [0.1, 0.15) is 5.70 Å². The van der Waals surface area contributed by atoms with Crippen LogP contribution in [0, 0.1) is 0 Å². The highest BCUT2D eigenvalue weighted by Crippen LogP contribution is 2.32. The van der Waals surface area contributed by atoms with Crippen LogP contribution >= 0.6 is 0 Å². The lowest BCUT2D eigenvalue weighted by molar-refractivity contribution is 0.0952. The molecule has 2 aliphatic rings. The van der Waals surface area contributed by atoms with Crippen molar-refractivity contribution in [3.8, 4) is 0 Å². The van der Waals surface area contributed by atoms with Crippen molar-refractivity contribution in [3.05, 3.63) is 75.8 Å². The number of fused-ring (bicyclic) bond motifs is 1. The summed E-state index contributed by atoms with van der Waals surface area (Å²) in [6.45, 7) is 0.967. The number of Topliss-reactive ketones (excluding diaryl/α,β-unsaturated/α-hetero) is 2. The fourth-order valence-corrected chi connectivity index (χ4v) is 5.93. The summed E-state index contributed by atoms with van der Waals surface area (Å²) in [5, 5.41) is 5.08. The smallest absolute Gasteiger partial charge is 0.246 e. The summed E-state index contributed by atoms with van der Waals surface area (Å²) in [7, 11) is -8.11. The average molecular weight is 490 g/mol. The number of carbonyl (C=O) groups excluding carboxylic acids is 2. The fraction of sp³-hybridized carbons (Fsp3) is 0.273. The van der Waals surface area contributed by atoms with Gasteiger partial charge in [0.05, 0.1) is 4.90 Å². The molecule has 0 radical (unpaired) electrons. The van der Waals surface area contributed by atoms with Crippen molar-refractivity contribution in [2.75, 3.05) is 19.6 Å². The Morgan fingerprint density at radius 1 is 0.848 bits per heavy atom. The van der Waals surface area contributed by atoms with Crippen LogP contribution in [0.25, 0.3) is 0 Å². The number of hydrogen-bond acceptors (Lipinski definition) is 7. The van der Waals surface area contributed by atoms with E-state index >= 15 is 0 Å². The highest BCUT2D eigenvalue weighted by Gasteiger charge is 2.41. The van der Waals surface area contributed by atoms with Crippen LogP contribution in [0.3, 0.4) is 0 Å². The molecule has 1 fully saturated rings. The third-order valence-electron chi connectivity index (χ3n) is 5.70. The number of hydrogen-bond donors (Lipinski definition) is 2. The van der Waals surface area contributed by atoms with Crippen LogP contribution < -0.4 is 9.86 Å². The Kier molecular flexibility index (Phi) is 6.23. The quantitative estimate of drug-likeness (QED) is 0.594. The Morgan fingerprint density at radius 3 is 2.00 bits per heavy atom. The van der Waals surface area contributed by atoms with Crippen molar-refractivity contribution in [1.29, 1.82) is 0 Å². The molecular formula is C22H23N3O6S2. The Labute approximate surface area is 192 Å². The number of nitrogens with zero attached hydrogens (tertiary/aromatic N) is 1. The molecule has 4 rings (SSSR count). The minimum Gasteiger partial charge on any atom is -0.367 e. The third kappa shape index (κ3) is 4.62. The van der Waals surface area contributed by atoms with E-state index in [1.54, 1.807) is 17.0 Å². The largest absolute Gasteiger partial charge is 0.367 e. The van der Waals surface area contributed by atoms with Crippen LogP contribution in [0.1, 0.15) is 39.1 Å². The minimum atomic E-state index is -4.29. The van der Waals surface area contributed by atoms with Crippen molar-refractivity contribution in [1.82, 2.24) is 9.62 Å². The molecule has 2 aromatic rings. The van der Waals surface area contributed by atoms with Crippen molar-refractivity contribution >= 4 is 31.6 Å². The predicted octanol–water partition coefficient (Wildman–Crippen LogP) is 1.18. The molecule has 2 aromatic carbocycles. The van der Waals surface area contributed by atoms with E-state index in [0.29, 0.717) is 18.7 Å². The van der Waals surface area contributed by atoms with Gasteiger partial charge in [-0.1, -0.05) is 36.4 Å². The molecule has 0 spiro atoms. The molecule has 0 unspecified atom stereocenters. The van der Waals surface area contributed by atoms with Gasteiger partial charge in [0.2, 0.25) is 31.6 Å². The van der Waals surface area contributed by atoms with Crippen molar-refractivity contribution in [3.63, 3.8) is 0 Å². The molecule has 3 N–H and O–H groups in total. The molecule has 1 heterocycles. The van der Waals surface area contributed by atoms with E-state index in [-0.39, 0.29) is 34.7 Å². The summed E-state index contributed by atoms with van der Waals surface area (Å²) in [6, 6.07) is 12.0. The fourth-order valence-electron chi connectivity index (χ4n) is 4.06. The molecule has 0 amide bonds. The maximum Gasteiger partial charge on any atom is 0.246 e. The number of carbonyl (C=O) groups is 2. The van der Waals surface area contributed by atoms with E-state index in [1.165, 1.54) is 36.4 Å². The number of benzene rings is 2. The zero-order valence-corrected chi connectivity index (χ0v) is 19.3. The van der Waals surface area contributed by atoms with Gasteiger partial charge in [0.25, 0.3) is 0 Å². The van der Waals surface area contributed by atoms with E-state index in [4.69, 9.17) is 5.14 Å². The van der Waals surface area contributed by atoms with Crippen LogP contribution in [-0.4, -0.2) is 52.9 Å². The second kappa shape index (κ2) is 8.82. The third-order valence-corrected chi connectivity index (χ3v) is 8.13. The Bertz CT molecular complexity index is 1360. The van der Waals surface area contributed by atoms with Gasteiger partial charge in [-0.05, 0) is 37.0 Å². The SMILES string of the molecule is NS(=O)(=O)c1ccc(CCNS(=O)(=O)C2=C(N3CCCC3)C(=O)c3ccccc3C2=O)cc1. The van der Waals surface area contributed by atoms with Gasteiger partial charge in [-0.2, -0.15) is 0 Å². The number of likely N-dealkylation sites (tertiary alicyclic amines) is 1. The van der Waals surface area contributed by atoms with E-state index in [1.807, 2.05) is 0 Å². The second-order valence-corrected chi connectivity index (χ2v) is 11.2. The summed E-state index contributed by atoms with van der Waals surface area (Å²) in [4.78, 5) is 27.5. The van der Waals surface area contributed by atoms with E-state index in [0.717, 1.165) is 12.8 Å². The number of ketones is 2. The zero-order valence-electron chi connectivity index (χ0n) is 17.7. The zero-order chi connectivity index (χ0) is 23.8. The Balaban J connectivity index is 1.61. The molecule has 0 aromatic heterocycles. The molecule has 0 atom stereocenters. The first-order valence-electron chi connectivity index (χ1n) is 10.4. The minimum absolute atomic E-state index is 0.0442. The first kappa shape index (κ1) is 23.3. The molecule has 0 bridgehead atoms. The number of primary sulfonamides is 1. The van der Waals surface area contributed by atoms with Gasteiger partial charge in [0.15, 0.2) is 4.91 Å². The number of nitrogens with one attached hydrogen (secondary N) is 1. The number of sulfonamides is 2. The second-order valence-electron chi connectivity index (χ2n) is 7.91. The number of nitrogens with two attached hydrogens (primary N) is 1. The lowest BCUT2D eigenvalue weighted by Gasteiger charge is -2.27. The normalized spacial score (nSPS) is 16.9.